The Hall–Kier alpha value is -1.91. The highest BCUT2D eigenvalue weighted by molar-refractivity contribution is 5.92. The van der Waals surface area contributed by atoms with Crippen LogP contribution in [0.1, 0.15) is 74.7 Å². The van der Waals surface area contributed by atoms with Crippen molar-refractivity contribution in [2.24, 2.45) is 0 Å². The first-order valence-corrected chi connectivity index (χ1v) is 9.36. The first-order valence-electron chi connectivity index (χ1n) is 9.36. The molecule has 0 aromatic carbocycles. The second-order valence-electron chi connectivity index (χ2n) is 6.88. The summed E-state index contributed by atoms with van der Waals surface area (Å²) in [6, 6.07) is 2.24. The molecular weight excluding hydrogens is 300 g/mol. The molecule has 2 aliphatic carbocycles. The molecule has 5 heteroatoms. The van der Waals surface area contributed by atoms with Gasteiger partial charge in [0.1, 0.15) is 17.8 Å². The molecule has 3 rings (SSSR count). The van der Waals surface area contributed by atoms with Crippen LogP contribution < -0.4 is 10.6 Å². The topological polar surface area (TPSA) is 66.9 Å². The number of anilines is 1. The number of carbonyl (C=O) groups excluding carboxylic acids is 1. The average molecular weight is 328 g/mol. The average Bonchev–Trinajstić information content (AvgIpc) is 2.64. The molecule has 0 radical (unpaired) electrons. The lowest BCUT2D eigenvalue weighted by Crippen LogP contribution is -2.27. The van der Waals surface area contributed by atoms with Crippen molar-refractivity contribution in [3.8, 4) is 0 Å². The Balaban J connectivity index is 1.49. The van der Waals surface area contributed by atoms with Gasteiger partial charge >= 0.3 is 0 Å². The van der Waals surface area contributed by atoms with E-state index in [1.807, 2.05) is 0 Å². The van der Waals surface area contributed by atoms with Crippen LogP contribution in [0.15, 0.2) is 24.0 Å². The van der Waals surface area contributed by atoms with Gasteiger partial charge in [0.2, 0.25) is 0 Å². The van der Waals surface area contributed by atoms with Gasteiger partial charge in [-0.15, -0.1) is 0 Å². The highest BCUT2D eigenvalue weighted by Gasteiger charge is 2.15. The number of nitrogens with zero attached hydrogens (tertiary/aromatic N) is 2. The van der Waals surface area contributed by atoms with E-state index >= 15 is 0 Å². The summed E-state index contributed by atoms with van der Waals surface area (Å²) in [5.41, 5.74) is 1.92. The van der Waals surface area contributed by atoms with Gasteiger partial charge in [-0.1, -0.05) is 30.9 Å². The summed E-state index contributed by atoms with van der Waals surface area (Å²) in [7, 11) is 0. The van der Waals surface area contributed by atoms with Crippen LogP contribution in [-0.4, -0.2) is 28.5 Å². The first kappa shape index (κ1) is 16.9. The van der Waals surface area contributed by atoms with Crippen LogP contribution in [0.25, 0.3) is 0 Å². The van der Waals surface area contributed by atoms with Crippen molar-refractivity contribution in [3.63, 3.8) is 0 Å². The fraction of sp³-hybridized carbons (Fsp3) is 0.632. The van der Waals surface area contributed by atoms with Crippen LogP contribution in [0.5, 0.6) is 0 Å². The Morgan fingerprint density at radius 3 is 2.79 bits per heavy atom. The lowest BCUT2D eigenvalue weighted by Gasteiger charge is -2.23. The van der Waals surface area contributed by atoms with Gasteiger partial charge in [0.25, 0.3) is 5.91 Å². The fourth-order valence-corrected chi connectivity index (χ4v) is 3.58. The van der Waals surface area contributed by atoms with Gasteiger partial charge in [0.15, 0.2) is 0 Å². The van der Waals surface area contributed by atoms with Crippen LogP contribution in [0, 0.1) is 0 Å². The smallest absolute Gasteiger partial charge is 0.270 e. The summed E-state index contributed by atoms with van der Waals surface area (Å²) in [5.74, 6) is 0.651. The van der Waals surface area contributed by atoms with E-state index in [4.69, 9.17) is 0 Å². The van der Waals surface area contributed by atoms with Crippen LogP contribution in [0.4, 0.5) is 5.82 Å². The van der Waals surface area contributed by atoms with E-state index in [1.54, 1.807) is 6.07 Å². The van der Waals surface area contributed by atoms with Crippen molar-refractivity contribution in [1.29, 1.82) is 0 Å². The maximum Gasteiger partial charge on any atom is 0.270 e. The zero-order valence-corrected chi connectivity index (χ0v) is 14.4. The molecular formula is C19H28N4O. The number of amides is 1. The lowest BCUT2D eigenvalue weighted by molar-refractivity contribution is 0.0949. The van der Waals surface area contributed by atoms with Crippen LogP contribution in [0.3, 0.4) is 0 Å². The van der Waals surface area contributed by atoms with Gasteiger partial charge in [-0.3, -0.25) is 4.79 Å². The zero-order valence-electron chi connectivity index (χ0n) is 14.4. The number of aromatic nitrogens is 2. The molecule has 0 aliphatic heterocycles. The molecule has 0 bridgehead atoms. The normalized spacial score (nSPS) is 18.8. The summed E-state index contributed by atoms with van der Waals surface area (Å²) >= 11 is 0. The number of allylic oxidation sites excluding steroid dienone is 1. The van der Waals surface area contributed by atoms with Gasteiger partial charge in [0.05, 0.1) is 0 Å². The molecule has 1 saturated carbocycles. The molecule has 1 amide bonds. The Kier molecular flexibility index (Phi) is 6.21. The molecule has 1 aromatic rings. The quantitative estimate of drug-likeness (QED) is 0.779. The zero-order chi connectivity index (χ0) is 16.6. The van der Waals surface area contributed by atoms with Crippen molar-refractivity contribution in [2.75, 3.05) is 11.9 Å². The number of rotatable bonds is 6. The first-order chi connectivity index (χ1) is 11.8. The molecule has 0 saturated heterocycles. The van der Waals surface area contributed by atoms with Gasteiger partial charge in [-0.25, -0.2) is 9.97 Å². The van der Waals surface area contributed by atoms with Crippen molar-refractivity contribution >= 4 is 11.7 Å². The van der Waals surface area contributed by atoms with Crippen LogP contribution >= 0.6 is 0 Å². The van der Waals surface area contributed by atoms with E-state index in [0.717, 1.165) is 12.2 Å². The summed E-state index contributed by atoms with van der Waals surface area (Å²) in [4.78, 5) is 20.7. The maximum absolute atomic E-state index is 12.3. The monoisotopic (exact) mass is 328 g/mol. The summed E-state index contributed by atoms with van der Waals surface area (Å²) in [5, 5.41) is 6.42. The molecule has 1 fully saturated rings. The standard InChI is InChI=1S/C19H28N4O/c24-19(20-12-11-15-7-3-1-4-8-15)17-13-18(22-14-21-17)23-16-9-5-2-6-10-16/h7,13-14,16H,1-6,8-12H2,(H,20,24)(H,21,22,23). The van der Waals surface area contributed by atoms with Crippen molar-refractivity contribution in [3.05, 3.63) is 29.7 Å². The summed E-state index contributed by atoms with van der Waals surface area (Å²) in [6.45, 7) is 0.681. The van der Waals surface area contributed by atoms with Gasteiger partial charge in [-0.05, 0) is 44.9 Å². The second-order valence-corrected chi connectivity index (χ2v) is 6.88. The minimum Gasteiger partial charge on any atom is -0.367 e. The fourth-order valence-electron chi connectivity index (χ4n) is 3.58. The van der Waals surface area contributed by atoms with Crippen molar-refractivity contribution < 1.29 is 4.79 Å². The van der Waals surface area contributed by atoms with Crippen molar-refractivity contribution in [1.82, 2.24) is 15.3 Å². The number of nitrogens with one attached hydrogen (secondary N) is 2. The molecule has 5 nitrogen and oxygen atoms in total. The van der Waals surface area contributed by atoms with Crippen LogP contribution in [0.2, 0.25) is 0 Å². The molecule has 0 unspecified atom stereocenters. The lowest BCUT2D eigenvalue weighted by atomic mass is 9.95. The van der Waals surface area contributed by atoms with E-state index in [2.05, 4.69) is 26.7 Å². The summed E-state index contributed by atoms with van der Waals surface area (Å²) < 4.78 is 0. The Morgan fingerprint density at radius 2 is 2.00 bits per heavy atom. The van der Waals surface area contributed by atoms with Crippen molar-refractivity contribution in [2.45, 2.75) is 70.3 Å². The number of carbonyl (C=O) groups is 1. The molecule has 24 heavy (non-hydrogen) atoms. The molecule has 2 aliphatic rings. The molecule has 1 aromatic heterocycles. The molecule has 0 spiro atoms. The minimum absolute atomic E-state index is 0.111. The third kappa shape index (κ3) is 5.05. The van der Waals surface area contributed by atoms with Gasteiger partial charge in [-0.2, -0.15) is 0 Å². The molecule has 0 atom stereocenters. The van der Waals surface area contributed by atoms with E-state index in [9.17, 15) is 4.79 Å². The minimum atomic E-state index is -0.111. The predicted molar refractivity (Wildman–Crippen MR) is 96.0 cm³/mol. The molecule has 1 heterocycles. The highest BCUT2D eigenvalue weighted by Crippen LogP contribution is 2.21. The highest BCUT2D eigenvalue weighted by atomic mass is 16.1. The Labute approximate surface area is 144 Å². The van der Waals surface area contributed by atoms with E-state index in [0.29, 0.717) is 18.3 Å². The van der Waals surface area contributed by atoms with Crippen LogP contribution in [-0.2, 0) is 0 Å². The SMILES string of the molecule is O=C(NCCC1=CCCCC1)c1cc(NC2CCCCC2)ncn1. The largest absolute Gasteiger partial charge is 0.367 e. The van der Waals surface area contributed by atoms with E-state index in [1.165, 1.54) is 69.7 Å². The van der Waals surface area contributed by atoms with E-state index < -0.39 is 0 Å². The van der Waals surface area contributed by atoms with E-state index in [-0.39, 0.29) is 5.91 Å². The Bertz CT molecular complexity index is 578. The second kappa shape index (κ2) is 8.81. The number of hydrogen-bond acceptors (Lipinski definition) is 4. The third-order valence-electron chi connectivity index (χ3n) is 4.97. The number of hydrogen-bond donors (Lipinski definition) is 2. The molecule has 130 valence electrons. The molecule has 2 N–H and O–H groups in total. The van der Waals surface area contributed by atoms with Gasteiger partial charge in [0, 0.05) is 18.7 Å². The Morgan fingerprint density at radius 1 is 1.12 bits per heavy atom. The van der Waals surface area contributed by atoms with Gasteiger partial charge < -0.3 is 10.6 Å². The summed E-state index contributed by atoms with van der Waals surface area (Å²) in [6.07, 6.45) is 15.9. The maximum atomic E-state index is 12.3. The predicted octanol–water partition coefficient (Wildman–Crippen LogP) is 3.84. The third-order valence-corrected chi connectivity index (χ3v) is 4.97.